The predicted octanol–water partition coefficient (Wildman–Crippen LogP) is -4.50. The van der Waals surface area contributed by atoms with E-state index in [1.54, 1.807) is 0 Å². The number of phosphoric acid groups is 1. The normalized spacial score (nSPS) is 7.71. The van der Waals surface area contributed by atoms with Crippen LogP contribution in [-0.2, 0) is 32.9 Å². The third-order valence-corrected chi connectivity index (χ3v) is 2.66. The number of hydrogen-bond acceptors (Lipinski definition) is 9. The average molecular weight is 584 g/mol. The molecular weight excluding hydrogens is 535 g/mol. The summed E-state index contributed by atoms with van der Waals surface area (Å²) in [6.45, 7) is -0.318. The molecule has 0 aromatic carbocycles. The quantitative estimate of drug-likeness (QED) is 0.107. The molecule has 0 saturated heterocycles. The fraction of sp³-hybridized carbons (Fsp3) is 0.160. The molecule has 2 N–H and O–H groups in total. The summed E-state index contributed by atoms with van der Waals surface area (Å²) in [4.78, 5) is 53.6. The van der Waals surface area contributed by atoms with Gasteiger partial charge in [0.25, 0.3) is 0 Å². The Labute approximate surface area is 291 Å². The molecule has 13 heteroatoms. The standard InChI is InChI=1S/C23H9O8P.C2H5NO.2Na.18H2/c1-3-5-7-9-11-12-14-15-17-22(24)29-19-21(20-30-32(26,27)28)31-23(25)18-16-13-10-8-6-4-2;1-2(3)4;;;;;;;;;;;;;;;;;;;;/h1-2,21H,19-20H2,(H2,26,27,28);1H3,(H2,3,4);;;18*1H/q;;2*+1;;;;;;;;;;;;;;;;;;/p-2/t21-;;;;;;;;;;;;;;;;;;;;;/m1...................../s1. The van der Waals surface area contributed by atoms with Crippen molar-refractivity contribution in [1.82, 2.24) is 0 Å². The van der Waals surface area contributed by atoms with Gasteiger partial charge in [-0.15, -0.1) is 12.8 Å². The predicted molar refractivity (Wildman–Crippen MR) is 159 cm³/mol. The van der Waals surface area contributed by atoms with E-state index in [2.05, 4.69) is 86.0 Å². The Bertz CT molecular complexity index is 1470. The summed E-state index contributed by atoms with van der Waals surface area (Å²) in [6.07, 6.45) is 8.26. The van der Waals surface area contributed by atoms with Crippen molar-refractivity contribution in [2.75, 3.05) is 13.2 Å². The van der Waals surface area contributed by atoms with E-state index in [1.807, 2.05) is 23.7 Å². The maximum Gasteiger partial charge on any atom is 1.00 e. The summed E-state index contributed by atoms with van der Waals surface area (Å²) in [7, 11) is -5.38. The van der Waals surface area contributed by atoms with Gasteiger partial charge in [0, 0.05) is 44.4 Å². The summed E-state index contributed by atoms with van der Waals surface area (Å²) in [5, 5.41) is 0. The first-order chi connectivity index (χ1) is 17.0. The van der Waals surface area contributed by atoms with Gasteiger partial charge in [-0.05, 0) is 82.9 Å². The molecule has 214 valence electrons. The third-order valence-electron chi connectivity index (χ3n) is 2.19. The van der Waals surface area contributed by atoms with Gasteiger partial charge >= 0.3 is 71.1 Å². The Balaban J connectivity index is -0.0000000229. The Morgan fingerprint density at radius 1 is 0.789 bits per heavy atom. The topological polar surface area (TPSA) is 168 Å². The van der Waals surface area contributed by atoms with Crippen LogP contribution in [0.25, 0.3) is 0 Å². The van der Waals surface area contributed by atoms with Gasteiger partial charge < -0.3 is 34.1 Å². The van der Waals surface area contributed by atoms with Crippen LogP contribution in [0.2, 0.25) is 0 Å². The molecule has 0 aromatic rings. The number of terminal acetylenes is 2. The second kappa shape index (κ2) is 28.1. The second-order valence-electron chi connectivity index (χ2n) is 5.02. The zero-order valence-electron chi connectivity index (χ0n) is 20.3. The van der Waals surface area contributed by atoms with Gasteiger partial charge in [-0.2, -0.15) is 0 Å². The molecule has 0 aliphatic heterocycles. The van der Waals surface area contributed by atoms with E-state index in [-0.39, 0.29) is 90.7 Å². The molecule has 0 radical (unpaired) electrons. The van der Waals surface area contributed by atoms with Crippen molar-refractivity contribution < 1.29 is 128 Å². The van der Waals surface area contributed by atoms with Gasteiger partial charge in [0.05, 0.1) is 14.4 Å². The first kappa shape index (κ1) is 41.7. The molecule has 38 heavy (non-hydrogen) atoms. The van der Waals surface area contributed by atoms with Crippen molar-refractivity contribution in [3.05, 3.63) is 0 Å². The minimum absolute atomic E-state index is 0. The summed E-state index contributed by atoms with van der Waals surface area (Å²) < 4.78 is 24.0. The Morgan fingerprint density at radius 2 is 1.16 bits per heavy atom. The van der Waals surface area contributed by atoms with E-state index in [0.29, 0.717) is 0 Å². The number of amides is 1. The van der Waals surface area contributed by atoms with Crippen molar-refractivity contribution in [3.63, 3.8) is 0 Å². The van der Waals surface area contributed by atoms with Crippen LogP contribution in [0.1, 0.15) is 32.6 Å². The maximum absolute atomic E-state index is 11.6. The average Bonchev–Trinajstić information content (AvgIpc) is 2.78. The molecule has 0 unspecified atom stereocenters. The van der Waals surface area contributed by atoms with E-state index in [0.717, 1.165) is 0 Å². The molecule has 0 aliphatic carbocycles. The van der Waals surface area contributed by atoms with Crippen LogP contribution in [-0.4, -0.2) is 37.2 Å². The first-order valence-corrected chi connectivity index (χ1v) is 10.2. The molecule has 0 bridgehead atoms. The molecule has 0 aliphatic rings. The van der Waals surface area contributed by atoms with Crippen molar-refractivity contribution >= 4 is 25.7 Å². The number of primary amides is 1. The van der Waals surface area contributed by atoms with Gasteiger partial charge in [0.2, 0.25) is 5.91 Å². The number of carbonyl (C=O) groups excluding carboxylic acids is 3. The van der Waals surface area contributed by atoms with Crippen molar-refractivity contribution in [2.24, 2.45) is 5.73 Å². The number of nitrogens with two attached hydrogens (primary N) is 1. The zero-order valence-corrected chi connectivity index (χ0v) is 25.2. The van der Waals surface area contributed by atoms with Gasteiger partial charge in [-0.1, -0.05) is 0 Å². The number of hydrogen-bond donors (Lipinski definition) is 1. The molecule has 0 rings (SSSR count). The molecule has 10 nitrogen and oxygen atoms in total. The molecule has 0 saturated carbocycles. The molecule has 1 amide bonds. The SMILES string of the molecule is C#CC#CC#CC#CC#CC(=O)OC[C@H](COP(=O)([O-])[O-])OC(=O)C#CC#CC#CC#C.CC(N)=O.[HH].[HH].[HH].[HH].[HH].[HH].[HH].[HH].[HH].[HH].[HH].[HH].[HH].[HH].[HH].[HH].[HH].[HH].[Na+].[Na+]. The minimum atomic E-state index is -5.38. The van der Waals surface area contributed by atoms with E-state index in [9.17, 15) is 28.7 Å². The molecule has 0 spiro atoms. The molecular formula is C25H48NNa2O9P. The van der Waals surface area contributed by atoms with Crippen molar-refractivity contribution in [1.29, 1.82) is 0 Å². The summed E-state index contributed by atoms with van der Waals surface area (Å²) in [6, 6.07) is 0. The molecule has 0 fully saturated rings. The van der Waals surface area contributed by atoms with Crippen LogP contribution in [0, 0.1) is 108 Å². The summed E-state index contributed by atoms with van der Waals surface area (Å²) >= 11 is 0. The molecule has 1 atom stereocenters. The number of carbonyl (C=O) groups is 3. The summed E-state index contributed by atoms with van der Waals surface area (Å²) in [5.41, 5.74) is 4.47. The van der Waals surface area contributed by atoms with Crippen LogP contribution in [0.5, 0.6) is 0 Å². The molecule has 0 heterocycles. The van der Waals surface area contributed by atoms with Crippen LogP contribution in [0.3, 0.4) is 0 Å². The zero-order chi connectivity index (χ0) is 27.7. The van der Waals surface area contributed by atoms with Gasteiger partial charge in [0.1, 0.15) is 6.61 Å². The van der Waals surface area contributed by atoms with Crippen molar-refractivity contribution in [3.8, 4) is 108 Å². The smallest absolute Gasteiger partial charge is 0.790 e. The second-order valence-corrected chi connectivity index (χ2v) is 6.17. The van der Waals surface area contributed by atoms with Crippen LogP contribution < -0.4 is 74.6 Å². The van der Waals surface area contributed by atoms with E-state index in [4.69, 9.17) is 17.6 Å². The van der Waals surface area contributed by atoms with Crippen LogP contribution in [0.15, 0.2) is 0 Å². The number of esters is 2. The van der Waals surface area contributed by atoms with E-state index < -0.39 is 39.1 Å². The summed E-state index contributed by atoms with van der Waals surface area (Å²) in [5.74, 6) is 32.0. The number of phosphoric ester groups is 1. The van der Waals surface area contributed by atoms with E-state index >= 15 is 0 Å². The first-order valence-electron chi connectivity index (χ1n) is 8.75. The Hall–Kier alpha value is -3.44. The van der Waals surface area contributed by atoms with Crippen LogP contribution >= 0.6 is 7.82 Å². The van der Waals surface area contributed by atoms with Gasteiger partial charge in [-0.3, -0.25) is 4.79 Å². The molecule has 0 aromatic heterocycles. The van der Waals surface area contributed by atoms with Crippen molar-refractivity contribution in [2.45, 2.75) is 13.0 Å². The monoisotopic (exact) mass is 583 g/mol. The fourth-order valence-corrected chi connectivity index (χ4v) is 1.51. The number of rotatable bonds is 6. The van der Waals surface area contributed by atoms with E-state index in [1.165, 1.54) is 6.92 Å². The maximum atomic E-state index is 11.6. The minimum Gasteiger partial charge on any atom is -0.790 e. The fourth-order valence-electron chi connectivity index (χ4n) is 1.16. The number of ether oxygens (including phenoxy) is 2. The van der Waals surface area contributed by atoms with Gasteiger partial charge in [0.15, 0.2) is 6.10 Å². The third kappa shape index (κ3) is 37.1. The van der Waals surface area contributed by atoms with Gasteiger partial charge in [-0.25, -0.2) is 9.59 Å². The Kier molecular flexibility index (Phi) is 30.9. The van der Waals surface area contributed by atoms with Crippen LogP contribution in [0.4, 0.5) is 0 Å². The largest absolute Gasteiger partial charge is 1.00 e. The Morgan fingerprint density at radius 3 is 1.55 bits per heavy atom.